The lowest BCUT2D eigenvalue weighted by Crippen LogP contribution is -2.24. The van der Waals surface area contributed by atoms with Gasteiger partial charge in [0.05, 0.1) is 17.6 Å². The summed E-state index contributed by atoms with van der Waals surface area (Å²) in [4.78, 5) is 17.1. The summed E-state index contributed by atoms with van der Waals surface area (Å²) in [6, 6.07) is 25.6. The molecule has 0 aliphatic rings. The number of para-hydroxylation sites is 3. The lowest BCUT2D eigenvalue weighted by atomic mass is 10.1. The molecule has 170 valence electrons. The van der Waals surface area contributed by atoms with E-state index in [9.17, 15) is 4.79 Å². The first kappa shape index (κ1) is 23.1. The predicted molar refractivity (Wildman–Crippen MR) is 136 cm³/mol. The minimum Gasteiger partial charge on any atom is -0.492 e. The van der Waals surface area contributed by atoms with Crippen molar-refractivity contribution in [3.8, 4) is 5.75 Å². The molecule has 4 rings (SSSR count). The Bertz CT molecular complexity index is 1190. The number of nitrogens with one attached hydrogen (secondary N) is 1. The number of carbonyl (C=O) groups excluding carboxylic acids is 1. The maximum atomic E-state index is 12.2. The van der Waals surface area contributed by atoms with E-state index in [0.29, 0.717) is 18.7 Å². The highest BCUT2D eigenvalue weighted by Crippen LogP contribution is 2.18. The number of fused-ring (bicyclic) bond motifs is 1. The number of carbonyl (C=O) groups is 1. The van der Waals surface area contributed by atoms with Crippen molar-refractivity contribution < 1.29 is 9.53 Å². The lowest BCUT2D eigenvalue weighted by Gasteiger charge is -2.11. The van der Waals surface area contributed by atoms with Crippen LogP contribution in [0.4, 0.5) is 0 Å². The fourth-order valence-corrected chi connectivity index (χ4v) is 4.26. The van der Waals surface area contributed by atoms with Gasteiger partial charge in [0, 0.05) is 23.0 Å². The number of hydrogen-bond donors (Lipinski definition) is 1. The van der Waals surface area contributed by atoms with Crippen molar-refractivity contribution in [1.82, 2.24) is 14.9 Å². The number of amides is 1. The zero-order chi connectivity index (χ0) is 22.9. The van der Waals surface area contributed by atoms with Gasteiger partial charge in [0.1, 0.15) is 18.2 Å². The Morgan fingerprint density at radius 1 is 0.939 bits per heavy atom. The molecule has 0 aliphatic heterocycles. The molecule has 1 aromatic heterocycles. The first-order valence-electron chi connectivity index (χ1n) is 11.4. The van der Waals surface area contributed by atoms with E-state index in [1.54, 1.807) is 0 Å². The van der Waals surface area contributed by atoms with Gasteiger partial charge in [-0.15, -0.1) is 0 Å². The summed E-state index contributed by atoms with van der Waals surface area (Å²) >= 11 is 3.41. The molecular weight excluding hydrogens is 478 g/mol. The molecule has 1 heterocycles. The van der Waals surface area contributed by atoms with Crippen LogP contribution in [0.15, 0.2) is 83.3 Å². The molecule has 33 heavy (non-hydrogen) atoms. The zero-order valence-electron chi connectivity index (χ0n) is 18.5. The highest BCUT2D eigenvalue weighted by molar-refractivity contribution is 9.10. The first-order chi connectivity index (χ1) is 16.2. The molecule has 0 aliphatic carbocycles. The highest BCUT2D eigenvalue weighted by Gasteiger charge is 2.11. The number of imidazole rings is 1. The summed E-state index contributed by atoms with van der Waals surface area (Å²) < 4.78 is 9.10. The van der Waals surface area contributed by atoms with Crippen LogP contribution < -0.4 is 10.1 Å². The Morgan fingerprint density at radius 2 is 1.76 bits per heavy atom. The first-order valence-corrected chi connectivity index (χ1v) is 12.2. The molecule has 0 unspecified atom stereocenters. The largest absolute Gasteiger partial charge is 0.492 e. The van der Waals surface area contributed by atoms with E-state index in [1.807, 2.05) is 60.7 Å². The monoisotopic (exact) mass is 505 g/mol. The molecule has 0 bridgehead atoms. The van der Waals surface area contributed by atoms with Crippen molar-refractivity contribution in [3.63, 3.8) is 0 Å². The minimum atomic E-state index is -0.0310. The molecule has 0 saturated carbocycles. The molecule has 1 N–H and O–H groups in total. The standard InChI is InChI=1S/C27H28BrN3O2/c28-22-11-9-10-21(20-22)27(32)29-17-8-2-5-16-26-30-24-14-6-7-15-25(24)31(26)18-19-33-23-12-3-1-4-13-23/h1,3-4,6-7,9-15,20H,2,5,8,16-19H2,(H,29,32). The Hall–Kier alpha value is -3.12. The van der Waals surface area contributed by atoms with Gasteiger partial charge in [-0.05, 0) is 55.3 Å². The van der Waals surface area contributed by atoms with Gasteiger partial charge in [-0.3, -0.25) is 4.79 Å². The Kier molecular flexibility index (Phi) is 8.14. The van der Waals surface area contributed by atoms with Crippen LogP contribution in [-0.2, 0) is 13.0 Å². The number of nitrogens with zero attached hydrogens (tertiary/aromatic N) is 2. The molecule has 0 saturated heterocycles. The van der Waals surface area contributed by atoms with Crippen LogP contribution in [0.2, 0.25) is 0 Å². The maximum absolute atomic E-state index is 12.2. The summed E-state index contributed by atoms with van der Waals surface area (Å²) in [7, 11) is 0. The van der Waals surface area contributed by atoms with Crippen molar-refractivity contribution in [1.29, 1.82) is 0 Å². The van der Waals surface area contributed by atoms with E-state index in [1.165, 1.54) is 0 Å². The van der Waals surface area contributed by atoms with E-state index >= 15 is 0 Å². The van der Waals surface area contributed by atoms with E-state index in [-0.39, 0.29) is 5.91 Å². The quantitative estimate of drug-likeness (QED) is 0.253. The number of unbranched alkanes of at least 4 members (excludes halogenated alkanes) is 2. The molecular formula is C27H28BrN3O2. The van der Waals surface area contributed by atoms with E-state index < -0.39 is 0 Å². The third kappa shape index (κ3) is 6.45. The summed E-state index contributed by atoms with van der Waals surface area (Å²) in [6.07, 6.45) is 3.90. The topological polar surface area (TPSA) is 56.2 Å². The van der Waals surface area contributed by atoms with Crippen molar-refractivity contribution in [3.05, 3.63) is 94.7 Å². The summed E-state index contributed by atoms with van der Waals surface area (Å²) in [6.45, 7) is 2.03. The Labute approximate surface area is 202 Å². The van der Waals surface area contributed by atoms with Gasteiger partial charge in [0.25, 0.3) is 5.91 Å². The number of aryl methyl sites for hydroxylation is 1. The number of ether oxygens (including phenoxy) is 1. The Morgan fingerprint density at radius 3 is 2.61 bits per heavy atom. The van der Waals surface area contributed by atoms with Crippen LogP contribution in [-0.4, -0.2) is 28.6 Å². The van der Waals surface area contributed by atoms with Crippen molar-refractivity contribution in [2.45, 2.75) is 32.2 Å². The molecule has 0 spiro atoms. The fraction of sp³-hybridized carbons (Fsp3) is 0.259. The number of aromatic nitrogens is 2. The number of hydrogen-bond acceptors (Lipinski definition) is 3. The lowest BCUT2D eigenvalue weighted by molar-refractivity contribution is 0.0953. The summed E-state index contributed by atoms with van der Waals surface area (Å²) in [5.74, 6) is 1.94. The molecule has 3 aromatic carbocycles. The molecule has 6 heteroatoms. The van der Waals surface area contributed by atoms with Crippen LogP contribution in [0, 0.1) is 0 Å². The van der Waals surface area contributed by atoms with Crippen molar-refractivity contribution in [2.75, 3.05) is 13.2 Å². The molecule has 1 amide bonds. The highest BCUT2D eigenvalue weighted by atomic mass is 79.9. The average molecular weight is 506 g/mol. The molecule has 0 fully saturated rings. The van der Waals surface area contributed by atoms with Gasteiger partial charge >= 0.3 is 0 Å². The third-order valence-corrected chi connectivity index (χ3v) is 6.00. The van der Waals surface area contributed by atoms with Crippen LogP contribution >= 0.6 is 15.9 Å². The summed E-state index contributed by atoms with van der Waals surface area (Å²) in [5.41, 5.74) is 2.84. The molecule has 4 aromatic rings. The van der Waals surface area contributed by atoms with Crippen LogP contribution in [0.1, 0.15) is 35.4 Å². The average Bonchev–Trinajstić information content (AvgIpc) is 3.19. The molecule has 0 atom stereocenters. The molecule has 0 radical (unpaired) electrons. The van der Waals surface area contributed by atoms with E-state index in [4.69, 9.17) is 9.72 Å². The minimum absolute atomic E-state index is 0.0310. The maximum Gasteiger partial charge on any atom is 0.251 e. The summed E-state index contributed by atoms with van der Waals surface area (Å²) in [5, 5.41) is 3.00. The SMILES string of the molecule is O=C(NCCCCCc1nc2ccccc2n1CCOc1ccccc1)c1cccc(Br)c1. The van der Waals surface area contributed by atoms with Crippen molar-refractivity contribution in [2.24, 2.45) is 0 Å². The predicted octanol–water partition coefficient (Wildman–Crippen LogP) is 6.02. The van der Waals surface area contributed by atoms with Crippen LogP contribution in [0.5, 0.6) is 5.75 Å². The van der Waals surface area contributed by atoms with Gasteiger partial charge in [-0.1, -0.05) is 58.7 Å². The van der Waals surface area contributed by atoms with Crippen LogP contribution in [0.25, 0.3) is 11.0 Å². The second kappa shape index (κ2) is 11.7. The Balaban J connectivity index is 1.26. The second-order valence-electron chi connectivity index (χ2n) is 7.91. The third-order valence-electron chi connectivity index (χ3n) is 5.51. The molecule has 5 nitrogen and oxygen atoms in total. The van der Waals surface area contributed by atoms with Gasteiger partial charge in [0.15, 0.2) is 0 Å². The van der Waals surface area contributed by atoms with Gasteiger partial charge in [0.2, 0.25) is 0 Å². The van der Waals surface area contributed by atoms with E-state index in [2.05, 4.69) is 44.0 Å². The van der Waals surface area contributed by atoms with Gasteiger partial charge in [-0.25, -0.2) is 4.98 Å². The fourth-order valence-electron chi connectivity index (χ4n) is 3.86. The van der Waals surface area contributed by atoms with E-state index in [0.717, 1.165) is 59.3 Å². The van der Waals surface area contributed by atoms with Crippen LogP contribution in [0.3, 0.4) is 0 Å². The van der Waals surface area contributed by atoms with Crippen molar-refractivity contribution >= 4 is 32.9 Å². The smallest absolute Gasteiger partial charge is 0.251 e. The second-order valence-corrected chi connectivity index (χ2v) is 8.82. The zero-order valence-corrected chi connectivity index (χ0v) is 20.1. The van der Waals surface area contributed by atoms with Gasteiger partial charge < -0.3 is 14.6 Å². The van der Waals surface area contributed by atoms with Gasteiger partial charge in [-0.2, -0.15) is 0 Å². The number of halogens is 1. The number of benzene rings is 3. The number of rotatable bonds is 11. The normalized spacial score (nSPS) is 10.9.